The summed E-state index contributed by atoms with van der Waals surface area (Å²) in [6, 6.07) is 0. The molecule has 2 fully saturated rings. The van der Waals surface area contributed by atoms with Crippen molar-refractivity contribution in [2.75, 3.05) is 6.54 Å². The van der Waals surface area contributed by atoms with Crippen molar-refractivity contribution in [3.8, 4) is 0 Å². The lowest BCUT2D eigenvalue weighted by molar-refractivity contribution is -0.238. The van der Waals surface area contributed by atoms with Crippen molar-refractivity contribution in [2.24, 2.45) is 4.99 Å². The lowest BCUT2D eigenvalue weighted by Crippen LogP contribution is -2.41. The summed E-state index contributed by atoms with van der Waals surface area (Å²) in [6.07, 6.45) is 9.04. The van der Waals surface area contributed by atoms with E-state index in [1.54, 1.807) is 0 Å². The van der Waals surface area contributed by atoms with Crippen molar-refractivity contribution >= 4 is 5.71 Å². The molecule has 1 spiro atoms. The standard InChI is InChI=1S/C22H31NO5/c1-4-16(24)18(27-21-8-6-17(25)14(3)26-21)12-13(2)11-15-5-7-19-22(15)20(28-22)9-10-23-19/h5,7,11-12,14,16-18,20-21,24-25H,4,6,8-10H2,1-3H3/b13-12-,15-11+/t14?,16-,17?,18+,20+,21?,22-/m0/s1. The minimum Gasteiger partial charge on any atom is -0.390 e. The third-order valence-corrected chi connectivity index (χ3v) is 6.15. The maximum absolute atomic E-state index is 10.5. The number of hydrogen-bond donors (Lipinski definition) is 2. The number of allylic oxidation sites excluding steroid dienone is 2. The molecule has 2 N–H and O–H groups in total. The maximum atomic E-state index is 10.5. The molecule has 2 saturated heterocycles. The molecule has 0 radical (unpaired) electrons. The summed E-state index contributed by atoms with van der Waals surface area (Å²) in [6.45, 7) is 6.63. The van der Waals surface area contributed by atoms with Gasteiger partial charge >= 0.3 is 0 Å². The molecule has 3 unspecified atom stereocenters. The molecule has 28 heavy (non-hydrogen) atoms. The number of rotatable bonds is 6. The normalized spacial score (nSPS) is 40.7. The Kier molecular flexibility index (Phi) is 5.60. The van der Waals surface area contributed by atoms with Crippen molar-refractivity contribution in [3.63, 3.8) is 0 Å². The van der Waals surface area contributed by atoms with Gasteiger partial charge in [-0.2, -0.15) is 0 Å². The van der Waals surface area contributed by atoms with E-state index in [9.17, 15) is 10.2 Å². The number of aliphatic hydroxyl groups excluding tert-OH is 2. The minimum absolute atomic E-state index is 0.242. The highest BCUT2D eigenvalue weighted by Gasteiger charge is 2.64. The van der Waals surface area contributed by atoms with Crippen LogP contribution in [0.5, 0.6) is 0 Å². The molecule has 154 valence electrons. The number of aliphatic hydroxyl groups is 2. The first-order valence-electron chi connectivity index (χ1n) is 10.4. The van der Waals surface area contributed by atoms with E-state index in [-0.39, 0.29) is 17.8 Å². The number of ether oxygens (including phenoxy) is 3. The quantitative estimate of drug-likeness (QED) is 0.682. The zero-order valence-electron chi connectivity index (χ0n) is 16.9. The highest BCUT2D eigenvalue weighted by atomic mass is 16.7. The molecule has 0 saturated carbocycles. The predicted octanol–water partition coefficient (Wildman–Crippen LogP) is 2.45. The van der Waals surface area contributed by atoms with Gasteiger partial charge in [-0.3, -0.25) is 4.99 Å². The molecule has 6 heteroatoms. The van der Waals surface area contributed by atoms with Crippen LogP contribution in [-0.4, -0.2) is 64.9 Å². The van der Waals surface area contributed by atoms with E-state index in [0.717, 1.165) is 29.8 Å². The van der Waals surface area contributed by atoms with Crippen molar-refractivity contribution < 1.29 is 24.4 Å². The van der Waals surface area contributed by atoms with Crippen LogP contribution in [0.4, 0.5) is 0 Å². The third-order valence-electron chi connectivity index (χ3n) is 6.15. The average molecular weight is 389 g/mol. The minimum atomic E-state index is -0.617. The fourth-order valence-electron chi connectivity index (χ4n) is 4.36. The summed E-state index contributed by atoms with van der Waals surface area (Å²) in [5.41, 5.74) is 2.84. The molecule has 0 amide bonds. The van der Waals surface area contributed by atoms with E-state index in [4.69, 9.17) is 14.2 Å². The molecule has 0 aromatic carbocycles. The van der Waals surface area contributed by atoms with E-state index >= 15 is 0 Å². The first kappa shape index (κ1) is 20.0. The molecule has 3 heterocycles. The van der Waals surface area contributed by atoms with E-state index in [1.807, 2.05) is 26.8 Å². The first-order valence-corrected chi connectivity index (χ1v) is 10.4. The Morgan fingerprint density at radius 3 is 2.96 bits per heavy atom. The summed E-state index contributed by atoms with van der Waals surface area (Å²) < 4.78 is 17.8. The molecular weight excluding hydrogens is 358 g/mol. The Bertz CT molecular complexity index is 726. The largest absolute Gasteiger partial charge is 0.390 e. The van der Waals surface area contributed by atoms with Gasteiger partial charge in [-0.1, -0.05) is 30.7 Å². The van der Waals surface area contributed by atoms with Crippen LogP contribution in [0.3, 0.4) is 0 Å². The summed E-state index contributed by atoms with van der Waals surface area (Å²) in [7, 11) is 0. The average Bonchev–Trinajstić information content (AvgIpc) is 3.34. The van der Waals surface area contributed by atoms with Gasteiger partial charge in [0.15, 0.2) is 11.9 Å². The second-order valence-corrected chi connectivity index (χ2v) is 8.23. The smallest absolute Gasteiger partial charge is 0.161 e. The van der Waals surface area contributed by atoms with Gasteiger partial charge in [-0.15, -0.1) is 0 Å². The fourth-order valence-corrected chi connectivity index (χ4v) is 4.36. The zero-order valence-corrected chi connectivity index (χ0v) is 16.9. The molecule has 0 aromatic heterocycles. The molecule has 6 nitrogen and oxygen atoms in total. The van der Waals surface area contributed by atoms with Crippen molar-refractivity contribution in [1.82, 2.24) is 0 Å². The predicted molar refractivity (Wildman–Crippen MR) is 106 cm³/mol. The van der Waals surface area contributed by atoms with Gasteiger partial charge in [0.2, 0.25) is 0 Å². The van der Waals surface area contributed by atoms with Crippen LogP contribution in [0.2, 0.25) is 0 Å². The van der Waals surface area contributed by atoms with E-state index in [2.05, 4.69) is 23.2 Å². The fraction of sp³-hybridized carbons (Fsp3) is 0.682. The van der Waals surface area contributed by atoms with Crippen LogP contribution in [-0.2, 0) is 14.2 Å². The summed E-state index contributed by atoms with van der Waals surface area (Å²) in [5.74, 6) is 0. The molecule has 0 bridgehead atoms. The van der Waals surface area contributed by atoms with Crippen LogP contribution < -0.4 is 0 Å². The molecule has 7 atom stereocenters. The summed E-state index contributed by atoms with van der Waals surface area (Å²) in [4.78, 5) is 4.60. The third kappa shape index (κ3) is 3.64. The van der Waals surface area contributed by atoms with Gasteiger partial charge in [0.1, 0.15) is 12.2 Å². The Balaban J connectivity index is 1.48. The second-order valence-electron chi connectivity index (χ2n) is 8.23. The number of nitrogens with zero attached hydrogens (tertiary/aromatic N) is 1. The van der Waals surface area contributed by atoms with Crippen molar-refractivity contribution in [1.29, 1.82) is 0 Å². The van der Waals surface area contributed by atoms with Crippen LogP contribution in [0.25, 0.3) is 0 Å². The van der Waals surface area contributed by atoms with E-state index in [1.165, 1.54) is 0 Å². The van der Waals surface area contributed by atoms with E-state index in [0.29, 0.717) is 19.3 Å². The maximum Gasteiger partial charge on any atom is 0.161 e. The highest BCUT2D eigenvalue weighted by molar-refractivity contribution is 6.11. The lowest BCUT2D eigenvalue weighted by Gasteiger charge is -2.34. The van der Waals surface area contributed by atoms with Crippen molar-refractivity contribution in [3.05, 3.63) is 35.5 Å². The Morgan fingerprint density at radius 2 is 2.21 bits per heavy atom. The number of hydrogen-bond acceptors (Lipinski definition) is 6. The Morgan fingerprint density at radius 1 is 1.39 bits per heavy atom. The molecule has 1 aliphatic carbocycles. The summed E-state index contributed by atoms with van der Waals surface area (Å²) in [5, 5.41) is 20.3. The van der Waals surface area contributed by atoms with Gasteiger partial charge in [-0.25, -0.2) is 0 Å². The number of epoxide rings is 1. The lowest BCUT2D eigenvalue weighted by atomic mass is 9.91. The number of aliphatic imine (C=N–C) groups is 1. The van der Waals surface area contributed by atoms with Gasteiger partial charge < -0.3 is 24.4 Å². The first-order chi connectivity index (χ1) is 13.4. The summed E-state index contributed by atoms with van der Waals surface area (Å²) >= 11 is 0. The molecule has 3 aliphatic heterocycles. The molecule has 4 aliphatic rings. The highest BCUT2D eigenvalue weighted by Crippen LogP contribution is 2.52. The van der Waals surface area contributed by atoms with Gasteiger partial charge in [0.05, 0.1) is 24.0 Å². The Hall–Kier alpha value is -1.31. The monoisotopic (exact) mass is 389 g/mol. The van der Waals surface area contributed by atoms with E-state index < -0.39 is 24.6 Å². The molecule has 4 rings (SSSR count). The Labute approximate surface area is 166 Å². The molecule has 0 aromatic rings. The van der Waals surface area contributed by atoms with Crippen molar-refractivity contribution in [2.45, 2.75) is 88.9 Å². The van der Waals surface area contributed by atoms with Gasteiger partial charge in [0.25, 0.3) is 0 Å². The van der Waals surface area contributed by atoms with Crippen LogP contribution in [0, 0.1) is 0 Å². The second kappa shape index (κ2) is 7.84. The SMILES string of the molecule is CC[C@H](O)[C@@H](/C=C(C)\C=C1/C=CC2=NCC[C@H]3O[C@]213)OC1CCC(O)C(C)O1. The molecular formula is C22H31NO5. The van der Waals surface area contributed by atoms with Gasteiger partial charge in [-0.05, 0) is 44.8 Å². The zero-order chi connectivity index (χ0) is 19.9. The van der Waals surface area contributed by atoms with Crippen LogP contribution in [0.1, 0.15) is 46.5 Å². The van der Waals surface area contributed by atoms with Crippen LogP contribution in [0.15, 0.2) is 40.4 Å². The van der Waals surface area contributed by atoms with Gasteiger partial charge in [0, 0.05) is 13.0 Å². The topological polar surface area (TPSA) is 83.8 Å². The van der Waals surface area contributed by atoms with Crippen LogP contribution >= 0.6 is 0 Å².